The molecule has 0 spiro atoms. The molecular weight excluding hydrogens is 294 g/mol. The molecule has 124 valence electrons. The highest BCUT2D eigenvalue weighted by atomic mass is 16.5. The fraction of sp³-hybridized carbons (Fsp3) is 0.529. The number of amides is 1. The topological polar surface area (TPSA) is 76.2 Å². The molecule has 1 amide bonds. The van der Waals surface area contributed by atoms with Gasteiger partial charge in [0.15, 0.2) is 0 Å². The number of aromatic amines is 1. The van der Waals surface area contributed by atoms with Crippen LogP contribution in [0.1, 0.15) is 25.0 Å². The molecule has 0 aliphatic carbocycles. The molecule has 1 aliphatic rings. The van der Waals surface area contributed by atoms with Crippen molar-refractivity contribution in [2.45, 2.75) is 31.8 Å². The minimum absolute atomic E-state index is 0.00136. The molecule has 1 saturated heterocycles. The van der Waals surface area contributed by atoms with E-state index in [0.29, 0.717) is 26.2 Å². The Balaban J connectivity index is 1.32. The van der Waals surface area contributed by atoms with E-state index in [9.17, 15) is 4.79 Å². The average molecular weight is 317 g/mol. The Kier molecular flexibility index (Phi) is 5.60. The molecule has 6 nitrogen and oxygen atoms in total. The molecule has 3 rings (SSSR count). The molecule has 2 N–H and O–H groups in total. The molecule has 2 aromatic rings. The number of ether oxygens (including phenoxy) is 2. The molecule has 0 saturated carbocycles. The van der Waals surface area contributed by atoms with Crippen LogP contribution in [0.4, 0.5) is 0 Å². The van der Waals surface area contributed by atoms with E-state index in [0.717, 1.165) is 42.5 Å². The highest BCUT2D eigenvalue weighted by Gasteiger charge is 2.15. The van der Waals surface area contributed by atoms with Crippen molar-refractivity contribution in [2.24, 2.45) is 0 Å². The van der Waals surface area contributed by atoms with Crippen molar-refractivity contribution in [3.05, 3.63) is 30.0 Å². The summed E-state index contributed by atoms with van der Waals surface area (Å²) >= 11 is 0. The predicted molar refractivity (Wildman–Crippen MR) is 87.2 cm³/mol. The van der Waals surface area contributed by atoms with Gasteiger partial charge in [0.25, 0.3) is 0 Å². The molecule has 1 aliphatic heterocycles. The summed E-state index contributed by atoms with van der Waals surface area (Å²) in [4.78, 5) is 12.0. The number of para-hydroxylation sites is 1. The molecule has 0 bridgehead atoms. The number of carbonyl (C=O) groups is 1. The molecule has 0 unspecified atom stereocenters. The van der Waals surface area contributed by atoms with Gasteiger partial charge in [0.1, 0.15) is 0 Å². The van der Waals surface area contributed by atoms with Crippen LogP contribution in [0.15, 0.2) is 24.3 Å². The van der Waals surface area contributed by atoms with E-state index < -0.39 is 0 Å². The van der Waals surface area contributed by atoms with E-state index in [1.165, 1.54) is 0 Å². The number of carbonyl (C=O) groups excluding carboxylic acids is 1. The minimum Gasteiger partial charge on any atom is -0.379 e. The zero-order valence-electron chi connectivity index (χ0n) is 13.2. The minimum atomic E-state index is -0.00136. The number of hydrogen-bond donors (Lipinski definition) is 2. The highest BCUT2D eigenvalue weighted by Crippen LogP contribution is 2.15. The predicted octanol–water partition coefficient (Wildman–Crippen LogP) is 1.81. The summed E-state index contributed by atoms with van der Waals surface area (Å²) in [5.41, 5.74) is 1.74. The lowest BCUT2D eigenvalue weighted by Crippen LogP contribution is -2.27. The lowest BCUT2D eigenvalue weighted by atomic mass is 10.1. The van der Waals surface area contributed by atoms with Crippen molar-refractivity contribution in [1.29, 1.82) is 0 Å². The van der Waals surface area contributed by atoms with E-state index in [2.05, 4.69) is 15.5 Å². The summed E-state index contributed by atoms with van der Waals surface area (Å²) in [7, 11) is 0. The summed E-state index contributed by atoms with van der Waals surface area (Å²) in [6.07, 6.45) is 3.61. The summed E-state index contributed by atoms with van der Waals surface area (Å²) in [5.74, 6) is -0.00136. The van der Waals surface area contributed by atoms with Crippen molar-refractivity contribution in [1.82, 2.24) is 15.5 Å². The molecule has 6 heteroatoms. The third-order valence-corrected chi connectivity index (χ3v) is 3.99. The first kappa shape index (κ1) is 16.0. The first-order valence-corrected chi connectivity index (χ1v) is 8.21. The Morgan fingerprint density at radius 1 is 1.43 bits per heavy atom. The van der Waals surface area contributed by atoms with E-state index in [1.54, 1.807) is 0 Å². The zero-order valence-corrected chi connectivity index (χ0v) is 13.2. The third kappa shape index (κ3) is 4.53. The Hall–Kier alpha value is -1.92. The van der Waals surface area contributed by atoms with Gasteiger partial charge in [0, 0.05) is 25.1 Å². The van der Waals surface area contributed by atoms with Crippen LogP contribution >= 0.6 is 0 Å². The standard InChI is InChI=1S/C17H23N3O3/c21-17(11-16-14-6-1-2-7-15(14)19-20-16)18-8-4-9-22-12-13-5-3-10-23-13/h1-2,6-7,13H,3-5,8-12H2,(H,18,21)(H,19,20)/t13-/m0/s1. The highest BCUT2D eigenvalue weighted by molar-refractivity contribution is 5.87. The summed E-state index contributed by atoms with van der Waals surface area (Å²) < 4.78 is 11.1. The SMILES string of the molecule is O=C(Cc1[nH]nc2ccccc12)NCCCOC[C@@H]1CCCO1. The van der Waals surface area contributed by atoms with Gasteiger partial charge in [0.2, 0.25) is 5.91 Å². The third-order valence-electron chi connectivity index (χ3n) is 3.99. The van der Waals surface area contributed by atoms with Gasteiger partial charge in [-0.1, -0.05) is 18.2 Å². The number of aromatic nitrogens is 2. The number of nitrogens with one attached hydrogen (secondary N) is 2. The fourth-order valence-corrected chi connectivity index (χ4v) is 2.76. The van der Waals surface area contributed by atoms with Gasteiger partial charge in [-0.25, -0.2) is 0 Å². The monoisotopic (exact) mass is 317 g/mol. The molecule has 1 atom stereocenters. The van der Waals surface area contributed by atoms with Gasteiger partial charge in [-0.15, -0.1) is 0 Å². The Morgan fingerprint density at radius 2 is 2.35 bits per heavy atom. The average Bonchev–Trinajstić information content (AvgIpc) is 3.21. The number of nitrogens with zero attached hydrogens (tertiary/aromatic N) is 1. The van der Waals surface area contributed by atoms with Crippen molar-refractivity contribution in [3.8, 4) is 0 Å². The van der Waals surface area contributed by atoms with Crippen LogP contribution in [0.3, 0.4) is 0 Å². The molecule has 23 heavy (non-hydrogen) atoms. The van der Waals surface area contributed by atoms with Crippen molar-refractivity contribution >= 4 is 16.8 Å². The summed E-state index contributed by atoms with van der Waals surface area (Å²) in [6.45, 7) is 2.78. The Bertz CT molecular complexity index is 635. The number of fused-ring (bicyclic) bond motifs is 1. The number of H-pyrrole nitrogens is 1. The lowest BCUT2D eigenvalue weighted by molar-refractivity contribution is -0.120. The number of rotatable bonds is 8. The van der Waals surface area contributed by atoms with Gasteiger partial charge in [-0.3, -0.25) is 9.89 Å². The van der Waals surface area contributed by atoms with E-state index in [1.807, 2.05) is 24.3 Å². The second-order valence-electron chi connectivity index (χ2n) is 5.81. The van der Waals surface area contributed by atoms with E-state index in [-0.39, 0.29) is 12.0 Å². The van der Waals surface area contributed by atoms with Gasteiger partial charge >= 0.3 is 0 Å². The van der Waals surface area contributed by atoms with Gasteiger partial charge < -0.3 is 14.8 Å². The largest absolute Gasteiger partial charge is 0.379 e. The van der Waals surface area contributed by atoms with Crippen molar-refractivity contribution in [3.63, 3.8) is 0 Å². The number of benzene rings is 1. The van der Waals surface area contributed by atoms with Crippen molar-refractivity contribution < 1.29 is 14.3 Å². The summed E-state index contributed by atoms with van der Waals surface area (Å²) in [6, 6.07) is 7.79. The first-order chi connectivity index (χ1) is 11.3. The van der Waals surface area contributed by atoms with Crippen LogP contribution in [0.5, 0.6) is 0 Å². The van der Waals surface area contributed by atoms with Gasteiger partial charge in [-0.2, -0.15) is 5.10 Å². The lowest BCUT2D eigenvalue weighted by Gasteiger charge is -2.10. The Morgan fingerprint density at radius 3 is 3.22 bits per heavy atom. The summed E-state index contributed by atoms with van der Waals surface area (Å²) in [5, 5.41) is 11.0. The molecule has 2 heterocycles. The van der Waals surface area contributed by atoms with Gasteiger partial charge in [-0.05, 0) is 25.3 Å². The molecule has 1 fully saturated rings. The maximum absolute atomic E-state index is 12.0. The second-order valence-corrected chi connectivity index (χ2v) is 5.81. The normalized spacial score (nSPS) is 17.7. The molecular formula is C17H23N3O3. The van der Waals surface area contributed by atoms with E-state index in [4.69, 9.17) is 9.47 Å². The van der Waals surface area contributed by atoms with Crippen LogP contribution in [0.2, 0.25) is 0 Å². The van der Waals surface area contributed by atoms with Crippen LogP contribution in [-0.4, -0.2) is 48.6 Å². The first-order valence-electron chi connectivity index (χ1n) is 8.21. The van der Waals surface area contributed by atoms with Crippen LogP contribution in [0, 0.1) is 0 Å². The number of hydrogen-bond acceptors (Lipinski definition) is 4. The van der Waals surface area contributed by atoms with Crippen molar-refractivity contribution in [2.75, 3.05) is 26.4 Å². The maximum atomic E-state index is 12.0. The fourth-order valence-electron chi connectivity index (χ4n) is 2.76. The Labute approximate surface area is 135 Å². The molecule has 0 radical (unpaired) electrons. The van der Waals surface area contributed by atoms with Crippen LogP contribution < -0.4 is 5.32 Å². The molecule has 1 aromatic carbocycles. The zero-order chi connectivity index (χ0) is 15.9. The molecule has 1 aromatic heterocycles. The van der Waals surface area contributed by atoms with Crippen LogP contribution in [-0.2, 0) is 20.7 Å². The van der Waals surface area contributed by atoms with E-state index >= 15 is 0 Å². The quantitative estimate of drug-likeness (QED) is 0.728. The maximum Gasteiger partial charge on any atom is 0.226 e. The second kappa shape index (κ2) is 8.08. The smallest absolute Gasteiger partial charge is 0.226 e. The van der Waals surface area contributed by atoms with Crippen LogP contribution in [0.25, 0.3) is 10.9 Å². The van der Waals surface area contributed by atoms with Gasteiger partial charge in [0.05, 0.1) is 30.3 Å².